The number of pyridine rings is 1. The number of nitrogens with zero attached hydrogens (tertiary/aromatic N) is 1. The molecule has 2 rings (SSSR count). The normalized spacial score (nSPS) is 11.3. The van der Waals surface area contributed by atoms with E-state index in [1.54, 1.807) is 0 Å². The third-order valence-electron chi connectivity index (χ3n) is 3.52. The van der Waals surface area contributed by atoms with Crippen LogP contribution in [0.25, 0.3) is 11.1 Å². The topological polar surface area (TPSA) is 42.0 Å². The Morgan fingerprint density at radius 1 is 1.09 bits per heavy atom. The molecule has 0 fully saturated rings. The third kappa shape index (κ3) is 3.73. The van der Waals surface area contributed by atoms with E-state index in [-0.39, 0.29) is 5.91 Å². The van der Waals surface area contributed by atoms with Crippen molar-refractivity contribution in [2.24, 2.45) is 5.41 Å². The van der Waals surface area contributed by atoms with Crippen molar-refractivity contribution in [2.45, 2.75) is 40.5 Å². The van der Waals surface area contributed by atoms with Gasteiger partial charge in [-0.2, -0.15) is 0 Å². The molecular weight excluding hydrogens is 272 g/mol. The fraction of sp³-hybridized carbons (Fsp3) is 0.368. The van der Waals surface area contributed by atoms with Crippen molar-refractivity contribution in [1.82, 2.24) is 4.98 Å². The maximum Gasteiger partial charge on any atom is 0.229 e. The molecule has 0 saturated heterocycles. The van der Waals surface area contributed by atoms with E-state index in [0.717, 1.165) is 35.3 Å². The van der Waals surface area contributed by atoms with E-state index in [1.165, 1.54) is 0 Å². The highest BCUT2D eigenvalue weighted by atomic mass is 16.2. The maximum atomic E-state index is 12.3. The summed E-state index contributed by atoms with van der Waals surface area (Å²) < 4.78 is 0. The summed E-state index contributed by atoms with van der Waals surface area (Å²) in [5, 5.41) is 3.05. The molecule has 1 amide bonds. The van der Waals surface area contributed by atoms with Gasteiger partial charge in [-0.25, -0.2) is 0 Å². The number of nitrogens with one attached hydrogen (secondary N) is 1. The quantitative estimate of drug-likeness (QED) is 0.889. The highest BCUT2D eigenvalue weighted by Gasteiger charge is 2.22. The van der Waals surface area contributed by atoms with E-state index in [0.29, 0.717) is 0 Å². The SMILES string of the molecule is CCCc1ncccc1-c1ccccc1NC(=O)C(C)(C)C. The molecule has 0 unspecified atom stereocenters. The summed E-state index contributed by atoms with van der Waals surface area (Å²) in [4.78, 5) is 16.8. The van der Waals surface area contributed by atoms with Crippen LogP contribution in [0.4, 0.5) is 5.69 Å². The van der Waals surface area contributed by atoms with Crippen LogP contribution in [0.1, 0.15) is 39.8 Å². The molecule has 3 heteroatoms. The first kappa shape index (κ1) is 16.2. The van der Waals surface area contributed by atoms with Crippen molar-refractivity contribution in [2.75, 3.05) is 5.32 Å². The second-order valence-electron chi connectivity index (χ2n) is 6.50. The van der Waals surface area contributed by atoms with E-state index < -0.39 is 5.41 Å². The third-order valence-corrected chi connectivity index (χ3v) is 3.52. The van der Waals surface area contributed by atoms with E-state index in [1.807, 2.05) is 57.3 Å². The fourth-order valence-corrected chi connectivity index (χ4v) is 2.26. The predicted octanol–water partition coefficient (Wildman–Crippen LogP) is 4.69. The number of benzene rings is 1. The fourth-order valence-electron chi connectivity index (χ4n) is 2.26. The molecule has 1 heterocycles. The van der Waals surface area contributed by atoms with Crippen molar-refractivity contribution in [3.05, 3.63) is 48.3 Å². The second kappa shape index (κ2) is 6.73. The number of hydrogen-bond acceptors (Lipinski definition) is 2. The predicted molar refractivity (Wildman–Crippen MR) is 91.8 cm³/mol. The average molecular weight is 296 g/mol. The van der Waals surface area contributed by atoms with Gasteiger partial charge in [0.05, 0.1) is 0 Å². The zero-order valence-corrected chi connectivity index (χ0v) is 13.8. The minimum absolute atomic E-state index is 0.0147. The van der Waals surface area contributed by atoms with Crippen LogP contribution in [0.3, 0.4) is 0 Å². The summed E-state index contributed by atoms with van der Waals surface area (Å²) in [7, 11) is 0. The number of amides is 1. The monoisotopic (exact) mass is 296 g/mol. The summed E-state index contributed by atoms with van der Waals surface area (Å²) in [6.45, 7) is 7.89. The molecule has 0 aliphatic heterocycles. The van der Waals surface area contributed by atoms with E-state index in [2.05, 4.69) is 23.3 Å². The number of carbonyl (C=O) groups excluding carboxylic acids is 1. The standard InChI is InChI=1S/C19H24N2O/c1-5-9-16-14(11-8-13-20-16)15-10-6-7-12-17(15)21-18(22)19(2,3)4/h6-8,10-13H,5,9H2,1-4H3,(H,21,22). The Bertz CT molecular complexity index is 656. The molecule has 1 N–H and O–H groups in total. The number of anilines is 1. The Morgan fingerprint density at radius 2 is 1.77 bits per heavy atom. The van der Waals surface area contributed by atoms with Gasteiger partial charge in [-0.05, 0) is 18.6 Å². The lowest BCUT2D eigenvalue weighted by Crippen LogP contribution is -2.27. The van der Waals surface area contributed by atoms with Gasteiger partial charge in [-0.3, -0.25) is 9.78 Å². The van der Waals surface area contributed by atoms with E-state index in [9.17, 15) is 4.79 Å². The first-order valence-corrected chi connectivity index (χ1v) is 7.78. The summed E-state index contributed by atoms with van der Waals surface area (Å²) in [5.74, 6) is 0.0147. The van der Waals surface area contributed by atoms with Crippen LogP contribution < -0.4 is 5.32 Å². The Morgan fingerprint density at radius 3 is 2.45 bits per heavy atom. The highest BCUT2D eigenvalue weighted by molar-refractivity contribution is 5.98. The van der Waals surface area contributed by atoms with Crippen LogP contribution in [0.2, 0.25) is 0 Å². The minimum Gasteiger partial charge on any atom is -0.325 e. The molecule has 2 aromatic rings. The molecule has 1 aromatic heterocycles. The van der Waals surface area contributed by atoms with Gasteiger partial charge < -0.3 is 5.32 Å². The van der Waals surface area contributed by atoms with Gasteiger partial charge in [-0.15, -0.1) is 0 Å². The highest BCUT2D eigenvalue weighted by Crippen LogP contribution is 2.31. The summed E-state index contributed by atoms with van der Waals surface area (Å²) >= 11 is 0. The van der Waals surface area contributed by atoms with Crippen LogP contribution in [0, 0.1) is 5.41 Å². The maximum absolute atomic E-state index is 12.3. The minimum atomic E-state index is -0.422. The zero-order valence-electron chi connectivity index (χ0n) is 13.8. The van der Waals surface area contributed by atoms with Gasteiger partial charge in [0.1, 0.15) is 0 Å². The van der Waals surface area contributed by atoms with Crippen LogP contribution in [0.5, 0.6) is 0 Å². The molecule has 0 aliphatic rings. The number of para-hydroxylation sites is 1. The van der Waals surface area contributed by atoms with Gasteiger partial charge in [-0.1, -0.05) is 58.4 Å². The molecule has 116 valence electrons. The van der Waals surface area contributed by atoms with Gasteiger partial charge >= 0.3 is 0 Å². The second-order valence-corrected chi connectivity index (χ2v) is 6.50. The number of aromatic nitrogens is 1. The lowest BCUT2D eigenvalue weighted by atomic mass is 9.94. The van der Waals surface area contributed by atoms with E-state index in [4.69, 9.17) is 0 Å². The number of carbonyl (C=O) groups is 1. The summed E-state index contributed by atoms with van der Waals surface area (Å²) in [6, 6.07) is 11.9. The largest absolute Gasteiger partial charge is 0.325 e. The van der Waals surface area contributed by atoms with Crippen molar-refractivity contribution in [3.8, 4) is 11.1 Å². The van der Waals surface area contributed by atoms with Crippen LogP contribution >= 0.6 is 0 Å². The molecule has 0 radical (unpaired) electrons. The van der Waals surface area contributed by atoms with Gasteiger partial charge in [0.2, 0.25) is 5.91 Å². The molecular formula is C19H24N2O. The Kier molecular flexibility index (Phi) is 4.96. The molecule has 0 bridgehead atoms. The Balaban J connectivity index is 2.43. The van der Waals surface area contributed by atoms with Crippen LogP contribution in [-0.4, -0.2) is 10.9 Å². The number of aryl methyl sites for hydroxylation is 1. The zero-order chi connectivity index (χ0) is 16.2. The van der Waals surface area contributed by atoms with Crippen molar-refractivity contribution < 1.29 is 4.79 Å². The lowest BCUT2D eigenvalue weighted by Gasteiger charge is -2.20. The molecule has 0 saturated carbocycles. The van der Waals surface area contributed by atoms with E-state index >= 15 is 0 Å². The molecule has 0 spiro atoms. The summed E-state index contributed by atoms with van der Waals surface area (Å²) in [6.07, 6.45) is 3.79. The average Bonchev–Trinajstić information content (AvgIpc) is 2.48. The van der Waals surface area contributed by atoms with Gasteiger partial charge in [0.25, 0.3) is 0 Å². The number of rotatable bonds is 4. The van der Waals surface area contributed by atoms with Crippen molar-refractivity contribution in [3.63, 3.8) is 0 Å². The summed E-state index contributed by atoms with van der Waals surface area (Å²) in [5.41, 5.74) is 3.61. The molecule has 0 atom stereocenters. The first-order chi connectivity index (χ1) is 10.4. The molecule has 22 heavy (non-hydrogen) atoms. The number of hydrogen-bond donors (Lipinski definition) is 1. The molecule has 3 nitrogen and oxygen atoms in total. The van der Waals surface area contributed by atoms with Gasteiger partial charge in [0.15, 0.2) is 0 Å². The lowest BCUT2D eigenvalue weighted by molar-refractivity contribution is -0.123. The Labute approximate surface area is 132 Å². The van der Waals surface area contributed by atoms with Crippen molar-refractivity contribution in [1.29, 1.82) is 0 Å². The van der Waals surface area contributed by atoms with Crippen LogP contribution in [-0.2, 0) is 11.2 Å². The Hall–Kier alpha value is -2.16. The first-order valence-electron chi connectivity index (χ1n) is 7.78. The smallest absolute Gasteiger partial charge is 0.229 e. The van der Waals surface area contributed by atoms with Crippen LogP contribution in [0.15, 0.2) is 42.6 Å². The molecule has 0 aliphatic carbocycles. The van der Waals surface area contributed by atoms with Gasteiger partial charge in [0, 0.05) is 34.1 Å². The molecule has 1 aromatic carbocycles. The van der Waals surface area contributed by atoms with Crippen molar-refractivity contribution >= 4 is 11.6 Å².